The monoisotopic (exact) mass is 149 g/mol. The molecule has 0 aliphatic carbocycles. The van der Waals surface area contributed by atoms with Gasteiger partial charge in [-0.25, -0.2) is 0 Å². The summed E-state index contributed by atoms with van der Waals surface area (Å²) in [6, 6.07) is 8.28. The second-order valence-electron chi connectivity index (χ2n) is 2.48. The normalized spacial score (nSPS) is 9.55. The van der Waals surface area contributed by atoms with Gasteiger partial charge in [0.15, 0.2) is 0 Å². The van der Waals surface area contributed by atoms with Crippen molar-refractivity contribution in [3.8, 4) is 0 Å². The third-order valence-electron chi connectivity index (χ3n) is 1.65. The van der Waals surface area contributed by atoms with Crippen LogP contribution in [0.3, 0.4) is 0 Å². The van der Waals surface area contributed by atoms with Crippen molar-refractivity contribution in [1.29, 1.82) is 0 Å². The molecule has 0 saturated carbocycles. The van der Waals surface area contributed by atoms with Gasteiger partial charge in [0.25, 0.3) is 0 Å². The average molecular weight is 149 g/mol. The standard InChI is InChI=1S/C10H13N.H2/c1-2-9-3-5-10(6-4-9)7-8-11;/h2-6H,1,7-8,11H2;1H. The maximum Gasteiger partial charge on any atom is 0 e. The fraction of sp³-hybridized carbons (Fsp3) is 0.200. The van der Waals surface area contributed by atoms with Gasteiger partial charge in [-0.1, -0.05) is 36.9 Å². The first-order chi connectivity index (χ1) is 5.36. The molecular formula is C10H15N. The molecule has 0 bridgehead atoms. The van der Waals surface area contributed by atoms with E-state index in [0.29, 0.717) is 6.54 Å². The van der Waals surface area contributed by atoms with E-state index in [2.05, 4.69) is 30.8 Å². The van der Waals surface area contributed by atoms with Crippen LogP contribution in [0.15, 0.2) is 30.8 Å². The Labute approximate surface area is 69.0 Å². The fourth-order valence-corrected chi connectivity index (χ4v) is 0.987. The van der Waals surface area contributed by atoms with E-state index in [1.807, 2.05) is 6.08 Å². The summed E-state index contributed by atoms with van der Waals surface area (Å²) < 4.78 is 0. The van der Waals surface area contributed by atoms with Crippen molar-refractivity contribution in [3.05, 3.63) is 42.0 Å². The molecule has 0 aliphatic heterocycles. The molecule has 0 heterocycles. The lowest BCUT2D eigenvalue weighted by molar-refractivity contribution is 0.969. The Kier molecular flexibility index (Phi) is 2.87. The molecule has 0 aliphatic rings. The Morgan fingerprint density at radius 2 is 2.00 bits per heavy atom. The van der Waals surface area contributed by atoms with Gasteiger partial charge in [-0.3, -0.25) is 0 Å². The SMILES string of the molecule is C=Cc1ccc(CCN)cc1.[HH]. The van der Waals surface area contributed by atoms with E-state index < -0.39 is 0 Å². The Morgan fingerprint density at radius 1 is 1.36 bits per heavy atom. The van der Waals surface area contributed by atoms with Crippen LogP contribution >= 0.6 is 0 Å². The van der Waals surface area contributed by atoms with Crippen LogP contribution in [0.2, 0.25) is 0 Å². The fourth-order valence-electron chi connectivity index (χ4n) is 0.987. The first-order valence-electron chi connectivity index (χ1n) is 3.78. The summed E-state index contributed by atoms with van der Waals surface area (Å²) >= 11 is 0. The van der Waals surface area contributed by atoms with E-state index in [1.54, 1.807) is 0 Å². The Balaban J connectivity index is 0.00000121. The summed E-state index contributed by atoms with van der Waals surface area (Å²) in [4.78, 5) is 0. The third-order valence-corrected chi connectivity index (χ3v) is 1.65. The van der Waals surface area contributed by atoms with Gasteiger partial charge in [-0.2, -0.15) is 0 Å². The lowest BCUT2D eigenvalue weighted by Crippen LogP contribution is -2.02. The summed E-state index contributed by atoms with van der Waals surface area (Å²) in [5.41, 5.74) is 7.86. The van der Waals surface area contributed by atoms with E-state index in [0.717, 1.165) is 12.0 Å². The molecule has 0 fully saturated rings. The number of benzene rings is 1. The highest BCUT2D eigenvalue weighted by atomic mass is 14.5. The van der Waals surface area contributed by atoms with Crippen LogP contribution in [0.25, 0.3) is 6.08 Å². The van der Waals surface area contributed by atoms with E-state index in [1.165, 1.54) is 5.56 Å². The largest absolute Gasteiger partial charge is 0.330 e. The first kappa shape index (κ1) is 8.02. The van der Waals surface area contributed by atoms with Gasteiger partial charge in [0.1, 0.15) is 0 Å². The quantitative estimate of drug-likeness (QED) is 0.699. The maximum atomic E-state index is 5.41. The van der Waals surface area contributed by atoms with Crippen LogP contribution in [-0.2, 0) is 6.42 Å². The molecule has 0 spiro atoms. The van der Waals surface area contributed by atoms with Crippen molar-refractivity contribution in [3.63, 3.8) is 0 Å². The van der Waals surface area contributed by atoms with Crippen LogP contribution in [0.5, 0.6) is 0 Å². The van der Waals surface area contributed by atoms with Crippen molar-refractivity contribution >= 4 is 6.08 Å². The highest BCUT2D eigenvalue weighted by molar-refractivity contribution is 5.47. The third kappa shape index (κ3) is 2.20. The predicted octanol–water partition coefficient (Wildman–Crippen LogP) is 2.08. The smallest absolute Gasteiger partial charge is 0 e. The van der Waals surface area contributed by atoms with Crippen LogP contribution < -0.4 is 5.73 Å². The minimum absolute atomic E-state index is 0. The lowest BCUT2D eigenvalue weighted by atomic mass is 10.1. The van der Waals surface area contributed by atoms with E-state index >= 15 is 0 Å². The predicted molar refractivity (Wildman–Crippen MR) is 51.4 cm³/mol. The zero-order valence-electron chi connectivity index (χ0n) is 6.59. The summed E-state index contributed by atoms with van der Waals surface area (Å²) in [5, 5.41) is 0. The second-order valence-corrected chi connectivity index (χ2v) is 2.48. The van der Waals surface area contributed by atoms with Gasteiger partial charge in [0.05, 0.1) is 0 Å². The van der Waals surface area contributed by atoms with Crippen LogP contribution in [0.1, 0.15) is 12.6 Å². The summed E-state index contributed by atoms with van der Waals surface area (Å²) in [5.74, 6) is 0. The topological polar surface area (TPSA) is 26.0 Å². The van der Waals surface area contributed by atoms with Gasteiger partial charge in [-0.05, 0) is 24.1 Å². The second kappa shape index (κ2) is 3.94. The molecule has 1 aromatic carbocycles. The zero-order chi connectivity index (χ0) is 8.10. The van der Waals surface area contributed by atoms with E-state index in [-0.39, 0.29) is 1.43 Å². The molecule has 0 saturated heterocycles. The van der Waals surface area contributed by atoms with Crippen molar-refractivity contribution in [2.75, 3.05) is 6.54 Å². The minimum Gasteiger partial charge on any atom is -0.330 e. The summed E-state index contributed by atoms with van der Waals surface area (Å²) in [6.07, 6.45) is 2.80. The molecule has 60 valence electrons. The van der Waals surface area contributed by atoms with Crippen molar-refractivity contribution < 1.29 is 1.43 Å². The molecule has 0 radical (unpaired) electrons. The van der Waals surface area contributed by atoms with Crippen LogP contribution in [0.4, 0.5) is 0 Å². The van der Waals surface area contributed by atoms with Gasteiger partial charge in [0.2, 0.25) is 0 Å². The number of hydrogen-bond acceptors (Lipinski definition) is 1. The van der Waals surface area contributed by atoms with Gasteiger partial charge >= 0.3 is 0 Å². The van der Waals surface area contributed by atoms with E-state index in [4.69, 9.17) is 5.73 Å². The Bertz CT molecular complexity index is 228. The first-order valence-corrected chi connectivity index (χ1v) is 3.78. The highest BCUT2D eigenvalue weighted by Crippen LogP contribution is 2.04. The lowest BCUT2D eigenvalue weighted by Gasteiger charge is -1.97. The molecule has 1 aromatic rings. The van der Waals surface area contributed by atoms with Crippen LogP contribution in [-0.4, -0.2) is 6.54 Å². The summed E-state index contributed by atoms with van der Waals surface area (Å²) in [6.45, 7) is 4.40. The molecule has 0 atom stereocenters. The van der Waals surface area contributed by atoms with Gasteiger partial charge in [0, 0.05) is 1.43 Å². The van der Waals surface area contributed by atoms with Gasteiger partial charge in [-0.15, -0.1) is 0 Å². The van der Waals surface area contributed by atoms with Crippen molar-refractivity contribution in [1.82, 2.24) is 0 Å². The minimum atomic E-state index is 0. The van der Waals surface area contributed by atoms with E-state index in [9.17, 15) is 0 Å². The Morgan fingerprint density at radius 3 is 2.45 bits per heavy atom. The molecule has 11 heavy (non-hydrogen) atoms. The number of nitrogens with two attached hydrogens (primary N) is 1. The maximum absolute atomic E-state index is 5.41. The molecule has 1 rings (SSSR count). The van der Waals surface area contributed by atoms with Gasteiger partial charge < -0.3 is 5.73 Å². The molecule has 0 unspecified atom stereocenters. The van der Waals surface area contributed by atoms with Crippen molar-refractivity contribution in [2.45, 2.75) is 6.42 Å². The molecule has 2 N–H and O–H groups in total. The number of hydrogen-bond donors (Lipinski definition) is 1. The average Bonchev–Trinajstić information content (AvgIpc) is 2.07. The Hall–Kier alpha value is -1.08. The molecule has 1 heteroatoms. The highest BCUT2D eigenvalue weighted by Gasteiger charge is 1.89. The number of rotatable bonds is 3. The van der Waals surface area contributed by atoms with Crippen LogP contribution in [0, 0.1) is 0 Å². The molecular weight excluding hydrogens is 134 g/mol. The summed E-state index contributed by atoms with van der Waals surface area (Å²) in [7, 11) is 0. The zero-order valence-corrected chi connectivity index (χ0v) is 6.59. The van der Waals surface area contributed by atoms with Crippen molar-refractivity contribution in [2.24, 2.45) is 5.73 Å². The molecule has 0 aromatic heterocycles. The molecule has 0 amide bonds. The molecule has 1 nitrogen and oxygen atoms in total.